The SMILES string of the molecule is CN1CCN(CC2CCCN(S(C)(=O)=O)C2)C(CN)C1. The molecule has 2 heterocycles. The van der Waals surface area contributed by atoms with Gasteiger partial charge >= 0.3 is 0 Å². The Kier molecular flexibility index (Phi) is 5.42. The van der Waals surface area contributed by atoms with Gasteiger partial charge in [0.2, 0.25) is 10.0 Å². The molecule has 2 N–H and O–H groups in total. The molecule has 0 aromatic heterocycles. The predicted molar refractivity (Wildman–Crippen MR) is 81.1 cm³/mol. The smallest absolute Gasteiger partial charge is 0.211 e. The van der Waals surface area contributed by atoms with Crippen molar-refractivity contribution in [1.29, 1.82) is 0 Å². The van der Waals surface area contributed by atoms with Crippen LogP contribution in [0.1, 0.15) is 12.8 Å². The molecule has 6 nitrogen and oxygen atoms in total. The van der Waals surface area contributed by atoms with Gasteiger partial charge in [0.1, 0.15) is 0 Å². The number of likely N-dealkylation sites (N-methyl/N-ethyl adjacent to an activating group) is 1. The van der Waals surface area contributed by atoms with Crippen LogP contribution in [0.15, 0.2) is 0 Å². The Labute approximate surface area is 122 Å². The Hall–Kier alpha value is -0.210. The summed E-state index contributed by atoms with van der Waals surface area (Å²) in [7, 11) is -0.915. The summed E-state index contributed by atoms with van der Waals surface area (Å²) in [5.41, 5.74) is 5.88. The van der Waals surface area contributed by atoms with E-state index in [0.717, 1.165) is 39.0 Å². The van der Waals surface area contributed by atoms with Crippen LogP contribution in [0.4, 0.5) is 0 Å². The summed E-state index contributed by atoms with van der Waals surface area (Å²) in [6.45, 7) is 6.11. The summed E-state index contributed by atoms with van der Waals surface area (Å²) in [6, 6.07) is 0.405. The minimum atomic E-state index is -3.05. The highest BCUT2D eigenvalue weighted by atomic mass is 32.2. The molecule has 0 saturated carbocycles. The van der Waals surface area contributed by atoms with Crippen molar-refractivity contribution >= 4 is 10.0 Å². The van der Waals surface area contributed by atoms with Gasteiger partial charge in [0.05, 0.1) is 6.26 Å². The van der Waals surface area contributed by atoms with Crippen molar-refractivity contribution in [2.24, 2.45) is 11.7 Å². The van der Waals surface area contributed by atoms with Crippen LogP contribution in [0.2, 0.25) is 0 Å². The molecule has 118 valence electrons. The van der Waals surface area contributed by atoms with Crippen molar-refractivity contribution in [3.05, 3.63) is 0 Å². The number of nitrogens with zero attached hydrogens (tertiary/aromatic N) is 3. The van der Waals surface area contributed by atoms with Crippen LogP contribution < -0.4 is 5.73 Å². The highest BCUT2D eigenvalue weighted by Crippen LogP contribution is 2.21. The zero-order valence-electron chi connectivity index (χ0n) is 12.7. The van der Waals surface area contributed by atoms with E-state index in [1.807, 2.05) is 0 Å². The minimum Gasteiger partial charge on any atom is -0.329 e. The van der Waals surface area contributed by atoms with Gasteiger partial charge in [0, 0.05) is 51.9 Å². The second kappa shape index (κ2) is 6.70. The average molecular weight is 304 g/mol. The lowest BCUT2D eigenvalue weighted by Gasteiger charge is -2.42. The molecule has 0 aromatic rings. The van der Waals surface area contributed by atoms with Gasteiger partial charge in [0.15, 0.2) is 0 Å². The molecule has 2 aliphatic heterocycles. The van der Waals surface area contributed by atoms with E-state index in [-0.39, 0.29) is 0 Å². The van der Waals surface area contributed by atoms with Crippen molar-refractivity contribution in [3.63, 3.8) is 0 Å². The van der Waals surface area contributed by atoms with Gasteiger partial charge in [-0.05, 0) is 25.8 Å². The van der Waals surface area contributed by atoms with Crippen LogP contribution in [-0.2, 0) is 10.0 Å². The predicted octanol–water partition coefficient (Wildman–Crippen LogP) is -0.767. The molecular formula is C13H28N4O2S. The zero-order chi connectivity index (χ0) is 14.8. The van der Waals surface area contributed by atoms with E-state index in [0.29, 0.717) is 31.6 Å². The van der Waals surface area contributed by atoms with E-state index in [9.17, 15) is 8.42 Å². The Morgan fingerprint density at radius 3 is 2.60 bits per heavy atom. The second-order valence-electron chi connectivity index (χ2n) is 6.28. The van der Waals surface area contributed by atoms with Gasteiger partial charge in [-0.15, -0.1) is 0 Å². The first-order valence-electron chi connectivity index (χ1n) is 7.48. The number of hydrogen-bond acceptors (Lipinski definition) is 5. The Morgan fingerprint density at radius 1 is 1.20 bits per heavy atom. The molecule has 2 rings (SSSR count). The minimum absolute atomic E-state index is 0.405. The second-order valence-corrected chi connectivity index (χ2v) is 8.26. The number of piperidine rings is 1. The van der Waals surface area contributed by atoms with Gasteiger partial charge in [-0.3, -0.25) is 4.90 Å². The van der Waals surface area contributed by atoms with Crippen molar-refractivity contribution in [2.75, 3.05) is 59.1 Å². The van der Waals surface area contributed by atoms with Crippen LogP contribution in [0, 0.1) is 5.92 Å². The van der Waals surface area contributed by atoms with E-state index in [4.69, 9.17) is 5.73 Å². The number of rotatable bonds is 4. The molecule has 2 fully saturated rings. The lowest BCUT2D eigenvalue weighted by molar-refractivity contribution is 0.0693. The molecule has 0 radical (unpaired) electrons. The first-order valence-corrected chi connectivity index (χ1v) is 9.32. The molecule has 0 aromatic carbocycles. The average Bonchev–Trinajstić information content (AvgIpc) is 2.40. The maximum absolute atomic E-state index is 11.7. The van der Waals surface area contributed by atoms with Gasteiger partial charge < -0.3 is 10.6 Å². The summed E-state index contributed by atoms with van der Waals surface area (Å²) in [5.74, 6) is 0.441. The number of piperazine rings is 1. The molecule has 2 aliphatic rings. The van der Waals surface area contributed by atoms with Crippen LogP contribution in [-0.4, -0.2) is 87.7 Å². The van der Waals surface area contributed by atoms with Crippen LogP contribution in [0.3, 0.4) is 0 Å². The van der Waals surface area contributed by atoms with E-state index < -0.39 is 10.0 Å². The summed E-state index contributed by atoms with van der Waals surface area (Å²) in [6.07, 6.45) is 3.41. The topological polar surface area (TPSA) is 69.9 Å². The van der Waals surface area contributed by atoms with Crippen molar-refractivity contribution in [3.8, 4) is 0 Å². The first kappa shape index (κ1) is 16.2. The van der Waals surface area contributed by atoms with E-state index >= 15 is 0 Å². The van der Waals surface area contributed by atoms with Gasteiger partial charge in [-0.2, -0.15) is 0 Å². The van der Waals surface area contributed by atoms with Gasteiger partial charge in [-0.1, -0.05) is 0 Å². The third-order valence-corrected chi connectivity index (χ3v) is 5.79. The van der Waals surface area contributed by atoms with E-state index in [1.54, 1.807) is 4.31 Å². The van der Waals surface area contributed by atoms with Crippen LogP contribution in [0.25, 0.3) is 0 Å². The summed E-state index contributed by atoms with van der Waals surface area (Å²) < 4.78 is 25.0. The molecule has 20 heavy (non-hydrogen) atoms. The summed E-state index contributed by atoms with van der Waals surface area (Å²) in [5, 5.41) is 0. The van der Waals surface area contributed by atoms with Crippen LogP contribution >= 0.6 is 0 Å². The van der Waals surface area contributed by atoms with Crippen molar-refractivity contribution in [1.82, 2.24) is 14.1 Å². The maximum atomic E-state index is 11.7. The molecule has 0 spiro atoms. The van der Waals surface area contributed by atoms with E-state index in [2.05, 4.69) is 16.8 Å². The molecule has 2 saturated heterocycles. The molecule has 2 unspecified atom stereocenters. The standard InChI is InChI=1S/C13H28N4O2S/c1-15-6-7-16(13(8-14)11-15)9-12-4-3-5-17(10-12)20(2,18)19/h12-13H,3-11,14H2,1-2H3. The molecule has 0 bridgehead atoms. The first-order chi connectivity index (χ1) is 9.40. The monoisotopic (exact) mass is 304 g/mol. The lowest BCUT2D eigenvalue weighted by Crippen LogP contribution is -2.56. The maximum Gasteiger partial charge on any atom is 0.211 e. The van der Waals surface area contributed by atoms with Crippen molar-refractivity contribution in [2.45, 2.75) is 18.9 Å². The highest BCUT2D eigenvalue weighted by molar-refractivity contribution is 7.88. The Bertz CT molecular complexity index is 415. The normalized spacial score (nSPS) is 31.6. The lowest BCUT2D eigenvalue weighted by atomic mass is 9.97. The summed E-state index contributed by atoms with van der Waals surface area (Å²) in [4.78, 5) is 4.77. The van der Waals surface area contributed by atoms with Crippen molar-refractivity contribution < 1.29 is 8.42 Å². The molecule has 7 heteroatoms. The highest BCUT2D eigenvalue weighted by Gasteiger charge is 2.30. The van der Waals surface area contributed by atoms with Crippen LogP contribution in [0.5, 0.6) is 0 Å². The quantitative estimate of drug-likeness (QED) is 0.739. The van der Waals surface area contributed by atoms with Gasteiger partial charge in [0.25, 0.3) is 0 Å². The molecule has 0 aliphatic carbocycles. The zero-order valence-corrected chi connectivity index (χ0v) is 13.5. The van der Waals surface area contributed by atoms with E-state index in [1.165, 1.54) is 6.26 Å². The Balaban J connectivity index is 1.92. The largest absolute Gasteiger partial charge is 0.329 e. The third kappa shape index (κ3) is 4.14. The Morgan fingerprint density at radius 2 is 1.95 bits per heavy atom. The fraction of sp³-hybridized carbons (Fsp3) is 1.00. The number of hydrogen-bond donors (Lipinski definition) is 1. The fourth-order valence-electron chi connectivity index (χ4n) is 3.32. The number of nitrogens with two attached hydrogens (primary N) is 1. The van der Waals surface area contributed by atoms with Gasteiger partial charge in [-0.25, -0.2) is 12.7 Å². The molecule has 2 atom stereocenters. The fourth-order valence-corrected chi connectivity index (χ4v) is 4.26. The number of sulfonamides is 1. The molecular weight excluding hydrogens is 276 g/mol. The third-order valence-electron chi connectivity index (χ3n) is 4.52. The molecule has 0 amide bonds. The summed E-state index contributed by atoms with van der Waals surface area (Å²) >= 11 is 0.